The van der Waals surface area contributed by atoms with E-state index in [2.05, 4.69) is 47.1 Å². The summed E-state index contributed by atoms with van der Waals surface area (Å²) in [7, 11) is 0. The molecule has 0 radical (unpaired) electrons. The van der Waals surface area contributed by atoms with Gasteiger partial charge in [-0.25, -0.2) is 0 Å². The maximum absolute atomic E-state index is 5.89. The number of anilines is 1. The van der Waals surface area contributed by atoms with Crippen LogP contribution in [0.2, 0.25) is 0 Å². The van der Waals surface area contributed by atoms with Gasteiger partial charge in [-0.05, 0) is 42.7 Å². The molecule has 1 aromatic heterocycles. The molecule has 0 saturated carbocycles. The fraction of sp³-hybridized carbons (Fsp3) is 0.391. The highest BCUT2D eigenvalue weighted by molar-refractivity contribution is 5.81. The number of fused-ring (bicyclic) bond motifs is 2. The van der Waals surface area contributed by atoms with Crippen molar-refractivity contribution in [2.24, 2.45) is 0 Å². The number of furan rings is 1. The van der Waals surface area contributed by atoms with Crippen molar-refractivity contribution in [2.45, 2.75) is 13.3 Å². The van der Waals surface area contributed by atoms with Gasteiger partial charge < -0.3 is 18.8 Å². The molecule has 1 fully saturated rings. The molecule has 2 aromatic carbocycles. The number of hydrogen-bond acceptors (Lipinski definition) is 5. The smallest absolute Gasteiger partial charge is 0.184 e. The number of piperazine rings is 1. The lowest BCUT2D eigenvalue weighted by Gasteiger charge is -2.37. The molecular formula is C23H26N2O3. The Kier molecular flexibility index (Phi) is 4.61. The Labute approximate surface area is 165 Å². The molecule has 0 atom stereocenters. The predicted molar refractivity (Wildman–Crippen MR) is 111 cm³/mol. The lowest BCUT2D eigenvalue weighted by Crippen LogP contribution is -2.47. The lowest BCUT2D eigenvalue weighted by atomic mass is 10.1. The topological polar surface area (TPSA) is 38.1 Å². The molecule has 3 heterocycles. The van der Waals surface area contributed by atoms with Gasteiger partial charge in [0.1, 0.15) is 18.8 Å². The van der Waals surface area contributed by atoms with Crippen LogP contribution >= 0.6 is 0 Å². The molecule has 5 rings (SSSR count). The van der Waals surface area contributed by atoms with Crippen molar-refractivity contribution in [3.05, 3.63) is 53.8 Å². The second-order valence-corrected chi connectivity index (χ2v) is 7.64. The van der Waals surface area contributed by atoms with Crippen LogP contribution in [0.1, 0.15) is 11.1 Å². The number of para-hydroxylation sites is 1. The highest BCUT2D eigenvalue weighted by Crippen LogP contribution is 2.39. The Morgan fingerprint density at radius 2 is 1.82 bits per heavy atom. The second-order valence-electron chi connectivity index (χ2n) is 7.64. The molecule has 3 aromatic rings. The van der Waals surface area contributed by atoms with Crippen LogP contribution in [-0.2, 0) is 6.42 Å². The minimum Gasteiger partial charge on any atom is -0.486 e. The molecule has 5 nitrogen and oxygen atoms in total. The van der Waals surface area contributed by atoms with E-state index in [1.165, 1.54) is 16.5 Å². The molecule has 28 heavy (non-hydrogen) atoms. The van der Waals surface area contributed by atoms with E-state index in [0.29, 0.717) is 13.2 Å². The van der Waals surface area contributed by atoms with Crippen LogP contribution in [0.3, 0.4) is 0 Å². The zero-order valence-electron chi connectivity index (χ0n) is 16.3. The van der Waals surface area contributed by atoms with E-state index in [0.717, 1.165) is 61.9 Å². The zero-order chi connectivity index (χ0) is 18.9. The van der Waals surface area contributed by atoms with E-state index in [-0.39, 0.29) is 0 Å². The van der Waals surface area contributed by atoms with E-state index >= 15 is 0 Å². The van der Waals surface area contributed by atoms with Gasteiger partial charge in [0.15, 0.2) is 11.5 Å². The molecule has 2 aliphatic rings. The molecule has 2 aliphatic heterocycles. The summed E-state index contributed by atoms with van der Waals surface area (Å²) in [6.45, 7) is 8.54. The molecule has 5 heteroatoms. The van der Waals surface area contributed by atoms with Gasteiger partial charge in [-0.1, -0.05) is 18.2 Å². The Bertz CT molecular complexity index is 973. The van der Waals surface area contributed by atoms with Gasteiger partial charge >= 0.3 is 0 Å². The van der Waals surface area contributed by atoms with Crippen molar-refractivity contribution in [1.29, 1.82) is 0 Å². The summed E-state index contributed by atoms with van der Waals surface area (Å²) in [6.07, 6.45) is 2.95. The lowest BCUT2D eigenvalue weighted by molar-refractivity contribution is 0.171. The van der Waals surface area contributed by atoms with Crippen molar-refractivity contribution in [1.82, 2.24) is 4.90 Å². The summed E-state index contributed by atoms with van der Waals surface area (Å²) < 4.78 is 17.4. The highest BCUT2D eigenvalue weighted by Gasteiger charge is 2.23. The summed E-state index contributed by atoms with van der Waals surface area (Å²) >= 11 is 0. The Morgan fingerprint density at radius 1 is 0.964 bits per heavy atom. The fourth-order valence-corrected chi connectivity index (χ4v) is 4.18. The second kappa shape index (κ2) is 7.40. The molecule has 0 bridgehead atoms. The van der Waals surface area contributed by atoms with Gasteiger partial charge in [-0.3, -0.25) is 4.90 Å². The monoisotopic (exact) mass is 378 g/mol. The quantitative estimate of drug-likeness (QED) is 0.689. The number of benzene rings is 2. The molecular weight excluding hydrogens is 352 g/mol. The third-order valence-corrected chi connectivity index (χ3v) is 5.77. The van der Waals surface area contributed by atoms with Crippen molar-refractivity contribution in [3.8, 4) is 11.5 Å². The van der Waals surface area contributed by atoms with Crippen molar-refractivity contribution < 1.29 is 13.9 Å². The molecule has 0 aliphatic carbocycles. The van der Waals surface area contributed by atoms with Gasteiger partial charge in [-0.2, -0.15) is 0 Å². The summed E-state index contributed by atoms with van der Waals surface area (Å²) in [5.74, 6) is 1.77. The fourth-order valence-electron chi connectivity index (χ4n) is 4.18. The SMILES string of the molecule is Cc1ccc2c(CCN3CCN(c4cccc5c4OCCO5)CC3)coc2c1. The van der Waals surface area contributed by atoms with E-state index in [4.69, 9.17) is 13.9 Å². The highest BCUT2D eigenvalue weighted by atomic mass is 16.6. The predicted octanol–water partition coefficient (Wildman–Crippen LogP) is 3.88. The van der Waals surface area contributed by atoms with Gasteiger partial charge in [0.2, 0.25) is 0 Å². The molecule has 0 spiro atoms. The van der Waals surface area contributed by atoms with Crippen molar-refractivity contribution >= 4 is 16.7 Å². The first kappa shape index (κ1) is 17.4. The maximum Gasteiger partial charge on any atom is 0.184 e. The van der Waals surface area contributed by atoms with E-state index in [9.17, 15) is 0 Å². The van der Waals surface area contributed by atoms with Crippen LogP contribution in [0.25, 0.3) is 11.0 Å². The first-order valence-corrected chi connectivity index (χ1v) is 10.1. The molecule has 0 amide bonds. The Morgan fingerprint density at radius 3 is 2.71 bits per heavy atom. The number of aryl methyl sites for hydroxylation is 1. The average molecular weight is 378 g/mol. The van der Waals surface area contributed by atoms with Crippen LogP contribution in [0, 0.1) is 6.92 Å². The number of nitrogens with zero attached hydrogens (tertiary/aromatic N) is 2. The Hall–Kier alpha value is -2.66. The van der Waals surface area contributed by atoms with Gasteiger partial charge in [0, 0.05) is 38.1 Å². The first-order valence-electron chi connectivity index (χ1n) is 10.1. The summed E-state index contributed by atoms with van der Waals surface area (Å²) in [5.41, 5.74) is 4.70. The van der Waals surface area contributed by atoms with Crippen LogP contribution in [0.5, 0.6) is 11.5 Å². The normalized spacial score (nSPS) is 17.2. The van der Waals surface area contributed by atoms with Gasteiger partial charge in [0.05, 0.1) is 12.0 Å². The standard InChI is InChI=1S/C23H26N2O3/c1-17-5-6-19-18(16-28-22(19)15-17)7-8-24-9-11-25(12-10-24)20-3-2-4-21-23(20)27-14-13-26-21/h2-6,15-16H,7-14H2,1H3. The molecule has 0 unspecified atom stereocenters. The Balaban J connectivity index is 1.21. The summed E-state index contributed by atoms with van der Waals surface area (Å²) in [5, 5.41) is 1.25. The van der Waals surface area contributed by atoms with E-state index in [1.54, 1.807) is 0 Å². The van der Waals surface area contributed by atoms with E-state index in [1.807, 2.05) is 12.3 Å². The number of ether oxygens (including phenoxy) is 2. The van der Waals surface area contributed by atoms with Crippen molar-refractivity contribution in [2.75, 3.05) is 50.8 Å². The van der Waals surface area contributed by atoms with Crippen molar-refractivity contribution in [3.63, 3.8) is 0 Å². The van der Waals surface area contributed by atoms with Crippen LogP contribution in [-0.4, -0.2) is 50.8 Å². The van der Waals surface area contributed by atoms with Gasteiger partial charge in [-0.15, -0.1) is 0 Å². The molecule has 146 valence electrons. The molecule has 0 N–H and O–H groups in total. The van der Waals surface area contributed by atoms with Gasteiger partial charge in [0.25, 0.3) is 0 Å². The summed E-state index contributed by atoms with van der Waals surface area (Å²) in [6, 6.07) is 12.6. The van der Waals surface area contributed by atoms with Crippen LogP contribution in [0.15, 0.2) is 47.1 Å². The largest absolute Gasteiger partial charge is 0.486 e. The first-order chi connectivity index (χ1) is 13.8. The maximum atomic E-state index is 5.89. The minimum atomic E-state index is 0.627. The van der Waals surface area contributed by atoms with E-state index < -0.39 is 0 Å². The minimum absolute atomic E-state index is 0.627. The average Bonchev–Trinajstić information content (AvgIpc) is 3.14. The van der Waals surface area contributed by atoms with Crippen LogP contribution in [0.4, 0.5) is 5.69 Å². The third-order valence-electron chi connectivity index (χ3n) is 5.77. The molecule has 1 saturated heterocycles. The van der Waals surface area contributed by atoms with Crippen LogP contribution < -0.4 is 14.4 Å². The number of rotatable bonds is 4. The summed E-state index contributed by atoms with van der Waals surface area (Å²) in [4.78, 5) is 4.95. The number of hydrogen-bond donors (Lipinski definition) is 0. The zero-order valence-corrected chi connectivity index (χ0v) is 16.3. The third kappa shape index (κ3) is 3.31.